The van der Waals surface area contributed by atoms with Gasteiger partial charge in [-0.3, -0.25) is 0 Å². The fourth-order valence-corrected chi connectivity index (χ4v) is 1.71. The Morgan fingerprint density at radius 3 is 3.07 bits per heavy atom. The monoisotopic (exact) mass is 199 g/mol. The van der Waals surface area contributed by atoms with Crippen LogP contribution in [-0.4, -0.2) is 11.5 Å². The second-order valence-electron chi connectivity index (χ2n) is 3.45. The minimum Gasteiger partial charge on any atom is -0.384 e. The molecule has 1 heterocycles. The van der Waals surface area contributed by atoms with E-state index in [-0.39, 0.29) is 0 Å². The molecule has 0 amide bonds. The summed E-state index contributed by atoms with van der Waals surface area (Å²) < 4.78 is 0. The van der Waals surface area contributed by atoms with Crippen LogP contribution in [0.5, 0.6) is 0 Å². The Hall–Kier alpha value is -1.95. The number of benzene rings is 1. The third kappa shape index (κ3) is 1.79. The van der Waals surface area contributed by atoms with Crippen molar-refractivity contribution in [3.8, 4) is 6.07 Å². The number of hydrogen-bond acceptors (Lipinski definition) is 2. The molecule has 0 saturated heterocycles. The standard InChI is InChI=1S/C12H13N3/c1-2-14-12-8-15-11-4-3-9(5-6-13)7-10(11)12/h3-4,7-8,14-15H,2,5H2,1H3. The largest absolute Gasteiger partial charge is 0.384 e. The van der Waals surface area contributed by atoms with Crippen LogP contribution in [-0.2, 0) is 6.42 Å². The van der Waals surface area contributed by atoms with Gasteiger partial charge in [0.05, 0.1) is 18.2 Å². The van der Waals surface area contributed by atoms with Crippen molar-refractivity contribution in [2.24, 2.45) is 0 Å². The molecule has 3 heteroatoms. The first-order chi connectivity index (χ1) is 7.35. The summed E-state index contributed by atoms with van der Waals surface area (Å²) in [5, 5.41) is 13.1. The molecule has 2 aromatic rings. The second-order valence-corrected chi connectivity index (χ2v) is 3.45. The van der Waals surface area contributed by atoms with Gasteiger partial charge in [0.25, 0.3) is 0 Å². The first-order valence-electron chi connectivity index (χ1n) is 5.06. The van der Waals surface area contributed by atoms with Crippen molar-refractivity contribution in [3.63, 3.8) is 0 Å². The fraction of sp³-hybridized carbons (Fsp3) is 0.250. The van der Waals surface area contributed by atoms with Crippen LogP contribution in [0.1, 0.15) is 12.5 Å². The van der Waals surface area contributed by atoms with Gasteiger partial charge in [0.15, 0.2) is 0 Å². The van der Waals surface area contributed by atoms with E-state index in [2.05, 4.69) is 29.4 Å². The van der Waals surface area contributed by atoms with E-state index in [1.807, 2.05) is 18.3 Å². The number of aromatic amines is 1. The maximum atomic E-state index is 8.64. The van der Waals surface area contributed by atoms with E-state index in [0.29, 0.717) is 6.42 Å². The van der Waals surface area contributed by atoms with Gasteiger partial charge in [-0.05, 0) is 24.6 Å². The molecule has 0 saturated carbocycles. The zero-order chi connectivity index (χ0) is 10.7. The second kappa shape index (κ2) is 4.05. The Balaban J connectivity index is 2.47. The zero-order valence-corrected chi connectivity index (χ0v) is 8.67. The van der Waals surface area contributed by atoms with Crippen LogP contribution in [0.15, 0.2) is 24.4 Å². The summed E-state index contributed by atoms with van der Waals surface area (Å²) in [5.74, 6) is 0. The van der Waals surface area contributed by atoms with E-state index >= 15 is 0 Å². The third-order valence-electron chi connectivity index (χ3n) is 2.40. The average molecular weight is 199 g/mol. The maximum absolute atomic E-state index is 8.64. The molecule has 2 rings (SSSR count). The van der Waals surface area contributed by atoms with Gasteiger partial charge in [-0.2, -0.15) is 5.26 Å². The van der Waals surface area contributed by atoms with Crippen molar-refractivity contribution in [3.05, 3.63) is 30.0 Å². The molecular weight excluding hydrogens is 186 g/mol. The van der Waals surface area contributed by atoms with E-state index in [0.717, 1.165) is 28.7 Å². The first-order valence-corrected chi connectivity index (χ1v) is 5.06. The predicted molar refractivity (Wildman–Crippen MR) is 61.8 cm³/mol. The van der Waals surface area contributed by atoms with Gasteiger partial charge in [0, 0.05) is 23.6 Å². The van der Waals surface area contributed by atoms with E-state index in [4.69, 9.17) is 5.26 Å². The molecule has 3 nitrogen and oxygen atoms in total. The number of rotatable bonds is 3. The quantitative estimate of drug-likeness (QED) is 0.798. The molecule has 0 radical (unpaired) electrons. The lowest BCUT2D eigenvalue weighted by Gasteiger charge is -2.01. The summed E-state index contributed by atoms with van der Waals surface area (Å²) in [4.78, 5) is 3.20. The highest BCUT2D eigenvalue weighted by Gasteiger charge is 2.03. The van der Waals surface area contributed by atoms with E-state index in [9.17, 15) is 0 Å². The number of hydrogen-bond donors (Lipinski definition) is 2. The third-order valence-corrected chi connectivity index (χ3v) is 2.40. The van der Waals surface area contributed by atoms with Crippen molar-refractivity contribution >= 4 is 16.6 Å². The van der Waals surface area contributed by atoms with E-state index < -0.39 is 0 Å². The summed E-state index contributed by atoms with van der Waals surface area (Å²) in [7, 11) is 0. The van der Waals surface area contributed by atoms with Crippen LogP contribution in [0.3, 0.4) is 0 Å². The molecule has 0 fully saturated rings. The maximum Gasteiger partial charge on any atom is 0.0669 e. The van der Waals surface area contributed by atoms with Gasteiger partial charge in [-0.1, -0.05) is 6.07 Å². The molecule has 0 bridgehead atoms. The number of anilines is 1. The van der Waals surface area contributed by atoms with Gasteiger partial charge in [0.1, 0.15) is 0 Å². The Morgan fingerprint density at radius 1 is 1.47 bits per heavy atom. The summed E-state index contributed by atoms with van der Waals surface area (Å²) in [6.45, 7) is 2.97. The molecule has 76 valence electrons. The van der Waals surface area contributed by atoms with Gasteiger partial charge in [0.2, 0.25) is 0 Å². The smallest absolute Gasteiger partial charge is 0.0669 e. The SMILES string of the molecule is CCNc1c[nH]c2ccc(CC#N)cc12. The van der Waals surface area contributed by atoms with Crippen molar-refractivity contribution in [1.82, 2.24) is 4.98 Å². The van der Waals surface area contributed by atoms with Gasteiger partial charge in [-0.25, -0.2) is 0 Å². The van der Waals surface area contributed by atoms with E-state index in [1.54, 1.807) is 0 Å². The lowest BCUT2D eigenvalue weighted by Crippen LogP contribution is -1.94. The lowest BCUT2D eigenvalue weighted by atomic mass is 10.1. The minimum absolute atomic E-state index is 0.465. The Bertz CT molecular complexity index is 505. The van der Waals surface area contributed by atoms with Crippen molar-refractivity contribution in [1.29, 1.82) is 5.26 Å². The summed E-state index contributed by atoms with van der Waals surface area (Å²) in [6.07, 6.45) is 2.43. The lowest BCUT2D eigenvalue weighted by molar-refractivity contribution is 1.22. The fourth-order valence-electron chi connectivity index (χ4n) is 1.71. The van der Waals surface area contributed by atoms with Crippen LogP contribution >= 0.6 is 0 Å². The van der Waals surface area contributed by atoms with Crippen LogP contribution in [0.2, 0.25) is 0 Å². The number of fused-ring (bicyclic) bond motifs is 1. The molecule has 1 aromatic carbocycles. The highest BCUT2D eigenvalue weighted by Crippen LogP contribution is 2.24. The predicted octanol–water partition coefficient (Wildman–Crippen LogP) is 2.67. The number of aromatic nitrogens is 1. The molecule has 2 N–H and O–H groups in total. The molecule has 0 spiro atoms. The zero-order valence-electron chi connectivity index (χ0n) is 8.67. The van der Waals surface area contributed by atoms with Crippen molar-refractivity contribution in [2.45, 2.75) is 13.3 Å². The first kappa shape index (κ1) is 9.60. The average Bonchev–Trinajstić information content (AvgIpc) is 2.63. The van der Waals surface area contributed by atoms with Crippen molar-refractivity contribution < 1.29 is 0 Å². The van der Waals surface area contributed by atoms with Crippen LogP contribution in [0.25, 0.3) is 10.9 Å². The number of nitrogens with zero attached hydrogens (tertiary/aromatic N) is 1. The van der Waals surface area contributed by atoms with Gasteiger partial charge < -0.3 is 10.3 Å². The summed E-state index contributed by atoms with van der Waals surface area (Å²) in [6, 6.07) is 8.22. The molecule has 0 aliphatic rings. The number of H-pyrrole nitrogens is 1. The van der Waals surface area contributed by atoms with E-state index in [1.165, 1.54) is 0 Å². The Kier molecular flexibility index (Phi) is 2.59. The molecule has 1 aromatic heterocycles. The van der Waals surface area contributed by atoms with Crippen molar-refractivity contribution in [2.75, 3.05) is 11.9 Å². The molecule has 0 aliphatic carbocycles. The highest BCUT2D eigenvalue weighted by atomic mass is 14.9. The number of nitrogens with one attached hydrogen (secondary N) is 2. The number of nitriles is 1. The topological polar surface area (TPSA) is 51.6 Å². The molecule has 0 unspecified atom stereocenters. The molecule has 15 heavy (non-hydrogen) atoms. The Labute approximate surface area is 88.7 Å². The normalized spacial score (nSPS) is 10.1. The molecule has 0 aliphatic heterocycles. The highest BCUT2D eigenvalue weighted by molar-refractivity contribution is 5.92. The molecule has 0 atom stereocenters. The Morgan fingerprint density at radius 2 is 2.33 bits per heavy atom. The molecular formula is C12H13N3. The summed E-state index contributed by atoms with van der Waals surface area (Å²) >= 11 is 0. The van der Waals surface area contributed by atoms with Crippen LogP contribution in [0.4, 0.5) is 5.69 Å². The summed E-state index contributed by atoms with van der Waals surface area (Å²) in [5.41, 5.74) is 3.27. The van der Waals surface area contributed by atoms with Gasteiger partial charge in [-0.15, -0.1) is 0 Å². The van der Waals surface area contributed by atoms with Crippen LogP contribution < -0.4 is 5.32 Å². The minimum atomic E-state index is 0.465. The van der Waals surface area contributed by atoms with Gasteiger partial charge >= 0.3 is 0 Å². The van der Waals surface area contributed by atoms with Crippen LogP contribution in [0, 0.1) is 11.3 Å².